The predicted molar refractivity (Wildman–Crippen MR) is 71.9 cm³/mol. The van der Waals surface area contributed by atoms with Crippen molar-refractivity contribution in [3.63, 3.8) is 0 Å². The van der Waals surface area contributed by atoms with Crippen LogP contribution in [0.25, 0.3) is 0 Å². The quantitative estimate of drug-likeness (QED) is 0.869. The number of hydrogen-bond acceptors (Lipinski definition) is 2. The van der Waals surface area contributed by atoms with E-state index in [2.05, 4.69) is 42.2 Å². The van der Waals surface area contributed by atoms with E-state index in [4.69, 9.17) is 5.73 Å². The molecule has 0 amide bonds. The van der Waals surface area contributed by atoms with Gasteiger partial charge < -0.3 is 5.73 Å². The summed E-state index contributed by atoms with van der Waals surface area (Å²) in [5.74, 6) is 0.625. The van der Waals surface area contributed by atoms with Gasteiger partial charge in [0.15, 0.2) is 0 Å². The molecule has 0 aliphatic rings. The van der Waals surface area contributed by atoms with E-state index in [0.29, 0.717) is 5.82 Å². The van der Waals surface area contributed by atoms with Crippen molar-refractivity contribution in [2.75, 3.05) is 5.73 Å². The molecule has 0 atom stereocenters. The van der Waals surface area contributed by atoms with Gasteiger partial charge in [-0.1, -0.05) is 30.3 Å². The number of rotatable bonds is 4. The SMILES string of the molecule is Cc1cc(N)nc(CCCc2ccccc2)c1. The highest BCUT2D eigenvalue weighted by atomic mass is 14.8. The Bertz CT molecular complexity index is 457. The molecule has 0 unspecified atom stereocenters. The standard InChI is InChI=1S/C15H18N2/c1-12-10-14(17-15(16)11-12)9-5-8-13-6-3-2-4-7-13/h2-4,6-7,10-11H,5,8-9H2,1H3,(H2,16,17). The van der Waals surface area contributed by atoms with E-state index in [9.17, 15) is 0 Å². The van der Waals surface area contributed by atoms with Gasteiger partial charge in [0.1, 0.15) is 5.82 Å². The summed E-state index contributed by atoms with van der Waals surface area (Å²) in [5.41, 5.74) is 9.40. The van der Waals surface area contributed by atoms with Crippen LogP contribution in [0.4, 0.5) is 5.82 Å². The van der Waals surface area contributed by atoms with E-state index < -0.39 is 0 Å². The Morgan fingerprint density at radius 2 is 1.82 bits per heavy atom. The van der Waals surface area contributed by atoms with Gasteiger partial charge in [0, 0.05) is 5.69 Å². The molecular weight excluding hydrogens is 208 g/mol. The molecule has 0 fully saturated rings. The third kappa shape index (κ3) is 3.59. The molecule has 2 aromatic rings. The smallest absolute Gasteiger partial charge is 0.123 e. The molecular formula is C15H18N2. The lowest BCUT2D eigenvalue weighted by molar-refractivity contribution is 0.799. The largest absolute Gasteiger partial charge is 0.384 e. The summed E-state index contributed by atoms with van der Waals surface area (Å²) in [6.45, 7) is 2.05. The van der Waals surface area contributed by atoms with E-state index in [1.54, 1.807) is 0 Å². The highest BCUT2D eigenvalue weighted by Gasteiger charge is 1.99. The maximum atomic E-state index is 5.73. The van der Waals surface area contributed by atoms with E-state index in [0.717, 1.165) is 25.0 Å². The van der Waals surface area contributed by atoms with Crippen LogP contribution in [0.5, 0.6) is 0 Å². The molecule has 0 aliphatic heterocycles. The summed E-state index contributed by atoms with van der Waals surface area (Å²) >= 11 is 0. The summed E-state index contributed by atoms with van der Waals surface area (Å²) in [4.78, 5) is 4.34. The Morgan fingerprint density at radius 3 is 2.53 bits per heavy atom. The van der Waals surface area contributed by atoms with Gasteiger partial charge in [-0.2, -0.15) is 0 Å². The fraction of sp³-hybridized carbons (Fsp3) is 0.267. The molecule has 2 N–H and O–H groups in total. The number of benzene rings is 1. The highest BCUT2D eigenvalue weighted by molar-refractivity contribution is 5.34. The lowest BCUT2D eigenvalue weighted by Crippen LogP contribution is -1.98. The van der Waals surface area contributed by atoms with Gasteiger partial charge in [-0.3, -0.25) is 0 Å². The molecule has 2 rings (SSSR count). The second kappa shape index (κ2) is 5.48. The number of pyridine rings is 1. The maximum Gasteiger partial charge on any atom is 0.123 e. The average Bonchev–Trinajstić information content (AvgIpc) is 2.29. The van der Waals surface area contributed by atoms with Gasteiger partial charge in [-0.25, -0.2) is 4.98 Å². The fourth-order valence-corrected chi connectivity index (χ4v) is 2.01. The minimum atomic E-state index is 0.625. The maximum absolute atomic E-state index is 5.73. The summed E-state index contributed by atoms with van der Waals surface area (Å²) < 4.78 is 0. The first-order chi connectivity index (χ1) is 8.24. The second-order valence-corrected chi connectivity index (χ2v) is 4.40. The number of hydrogen-bond donors (Lipinski definition) is 1. The lowest BCUT2D eigenvalue weighted by Gasteiger charge is -2.04. The molecule has 0 bridgehead atoms. The van der Waals surface area contributed by atoms with Crippen LogP contribution < -0.4 is 5.73 Å². The third-order valence-electron chi connectivity index (χ3n) is 2.78. The number of anilines is 1. The average molecular weight is 226 g/mol. The van der Waals surface area contributed by atoms with Crippen LogP contribution in [0.3, 0.4) is 0 Å². The first-order valence-electron chi connectivity index (χ1n) is 6.01. The van der Waals surface area contributed by atoms with Crippen LogP contribution in [0.1, 0.15) is 23.2 Å². The van der Waals surface area contributed by atoms with Crippen LogP contribution in [0, 0.1) is 6.92 Å². The number of aromatic nitrogens is 1. The minimum Gasteiger partial charge on any atom is -0.384 e. The Balaban J connectivity index is 1.90. The molecule has 0 spiro atoms. The summed E-state index contributed by atoms with van der Waals surface area (Å²) in [5, 5.41) is 0. The Morgan fingerprint density at radius 1 is 1.06 bits per heavy atom. The molecule has 0 radical (unpaired) electrons. The van der Waals surface area contributed by atoms with Crippen molar-refractivity contribution in [3.05, 3.63) is 59.3 Å². The van der Waals surface area contributed by atoms with Gasteiger partial charge in [-0.05, 0) is 49.4 Å². The van der Waals surface area contributed by atoms with Gasteiger partial charge in [0.2, 0.25) is 0 Å². The zero-order valence-corrected chi connectivity index (χ0v) is 10.2. The van der Waals surface area contributed by atoms with E-state index in [1.165, 1.54) is 11.1 Å². The Kier molecular flexibility index (Phi) is 3.76. The van der Waals surface area contributed by atoms with E-state index in [-0.39, 0.29) is 0 Å². The Labute approximate surface area is 103 Å². The van der Waals surface area contributed by atoms with Crippen molar-refractivity contribution >= 4 is 5.82 Å². The van der Waals surface area contributed by atoms with E-state index in [1.807, 2.05) is 12.1 Å². The first kappa shape index (κ1) is 11.6. The third-order valence-corrected chi connectivity index (χ3v) is 2.78. The van der Waals surface area contributed by atoms with Gasteiger partial charge >= 0.3 is 0 Å². The molecule has 1 aromatic carbocycles. The molecule has 2 nitrogen and oxygen atoms in total. The molecule has 0 saturated heterocycles. The van der Waals surface area contributed by atoms with Crippen molar-refractivity contribution in [2.24, 2.45) is 0 Å². The molecule has 1 heterocycles. The summed E-state index contributed by atoms with van der Waals surface area (Å²) in [6, 6.07) is 14.6. The van der Waals surface area contributed by atoms with E-state index >= 15 is 0 Å². The van der Waals surface area contributed by atoms with Crippen molar-refractivity contribution < 1.29 is 0 Å². The first-order valence-corrected chi connectivity index (χ1v) is 6.01. The summed E-state index contributed by atoms with van der Waals surface area (Å²) in [6.07, 6.45) is 3.19. The number of nitrogens with two attached hydrogens (primary N) is 1. The van der Waals surface area contributed by atoms with Crippen LogP contribution >= 0.6 is 0 Å². The van der Waals surface area contributed by atoms with Crippen LogP contribution in [0.15, 0.2) is 42.5 Å². The van der Waals surface area contributed by atoms with Gasteiger partial charge in [0.25, 0.3) is 0 Å². The monoisotopic (exact) mass is 226 g/mol. The molecule has 17 heavy (non-hydrogen) atoms. The van der Waals surface area contributed by atoms with Crippen molar-refractivity contribution in [3.8, 4) is 0 Å². The molecule has 2 heteroatoms. The van der Waals surface area contributed by atoms with Gasteiger partial charge in [0.05, 0.1) is 0 Å². The normalized spacial score (nSPS) is 10.4. The van der Waals surface area contributed by atoms with Crippen LogP contribution in [0.2, 0.25) is 0 Å². The molecule has 88 valence electrons. The van der Waals surface area contributed by atoms with Crippen molar-refractivity contribution in [1.82, 2.24) is 4.98 Å². The van der Waals surface area contributed by atoms with Crippen LogP contribution in [-0.4, -0.2) is 4.98 Å². The number of nitrogens with zero attached hydrogens (tertiary/aromatic N) is 1. The molecule has 1 aromatic heterocycles. The lowest BCUT2D eigenvalue weighted by atomic mass is 10.1. The van der Waals surface area contributed by atoms with Crippen molar-refractivity contribution in [2.45, 2.75) is 26.2 Å². The zero-order chi connectivity index (χ0) is 12.1. The fourth-order valence-electron chi connectivity index (χ4n) is 2.01. The number of aryl methyl sites for hydroxylation is 3. The topological polar surface area (TPSA) is 38.9 Å². The zero-order valence-electron chi connectivity index (χ0n) is 10.2. The van der Waals surface area contributed by atoms with Crippen molar-refractivity contribution in [1.29, 1.82) is 0 Å². The molecule has 0 saturated carbocycles. The van der Waals surface area contributed by atoms with Gasteiger partial charge in [-0.15, -0.1) is 0 Å². The molecule has 0 aliphatic carbocycles. The minimum absolute atomic E-state index is 0.625. The predicted octanol–water partition coefficient (Wildman–Crippen LogP) is 3.15. The number of nitrogen functional groups attached to an aromatic ring is 1. The summed E-state index contributed by atoms with van der Waals surface area (Å²) in [7, 11) is 0. The highest BCUT2D eigenvalue weighted by Crippen LogP contribution is 2.10. The Hall–Kier alpha value is -1.83. The van der Waals surface area contributed by atoms with Crippen LogP contribution in [-0.2, 0) is 12.8 Å². The second-order valence-electron chi connectivity index (χ2n) is 4.40.